The Kier molecular flexibility index (Phi) is 7.78. The average molecular weight is 727 g/mol. The Balaban J connectivity index is 1.15. The van der Waals surface area contributed by atoms with Crippen LogP contribution >= 0.6 is 0 Å². The quantitative estimate of drug-likeness (QED) is 0.160. The molecule has 4 heteroatoms. The molecular formula is C53H34N4. The molecule has 0 spiro atoms. The number of fused-ring (bicyclic) bond motifs is 7. The van der Waals surface area contributed by atoms with E-state index < -0.39 is 0 Å². The van der Waals surface area contributed by atoms with Crippen LogP contribution < -0.4 is 0 Å². The lowest BCUT2D eigenvalue weighted by Gasteiger charge is -2.17. The molecular weight excluding hydrogens is 693 g/mol. The van der Waals surface area contributed by atoms with Crippen LogP contribution in [0.1, 0.15) is 0 Å². The number of para-hydroxylation sites is 3. The predicted molar refractivity (Wildman–Crippen MR) is 236 cm³/mol. The normalized spacial score (nSPS) is 11.5. The van der Waals surface area contributed by atoms with E-state index in [9.17, 15) is 0 Å². The van der Waals surface area contributed by atoms with E-state index in [0.29, 0.717) is 5.82 Å². The van der Waals surface area contributed by atoms with Crippen LogP contribution in [0.25, 0.3) is 105 Å². The van der Waals surface area contributed by atoms with Gasteiger partial charge >= 0.3 is 0 Å². The second-order valence-corrected chi connectivity index (χ2v) is 14.3. The summed E-state index contributed by atoms with van der Waals surface area (Å²) < 4.78 is 2.38. The van der Waals surface area contributed by atoms with Crippen LogP contribution in [0.5, 0.6) is 0 Å². The summed E-state index contributed by atoms with van der Waals surface area (Å²) in [6.07, 6.45) is 0. The highest BCUT2D eigenvalue weighted by Gasteiger charge is 2.22. The highest BCUT2D eigenvalue weighted by molar-refractivity contribution is 6.29. The maximum atomic E-state index is 5.37. The molecule has 0 N–H and O–H groups in total. The fraction of sp³-hybridized carbons (Fsp3) is 0. The number of benzene rings is 8. The Labute approximate surface area is 330 Å². The van der Waals surface area contributed by atoms with E-state index in [1.807, 2.05) is 30.3 Å². The largest absolute Gasteiger partial charge is 0.309 e. The predicted octanol–water partition coefficient (Wildman–Crippen LogP) is 13.6. The van der Waals surface area contributed by atoms with Gasteiger partial charge in [-0.3, -0.25) is 0 Å². The van der Waals surface area contributed by atoms with Crippen LogP contribution in [-0.4, -0.2) is 19.5 Å². The van der Waals surface area contributed by atoms with Crippen molar-refractivity contribution in [3.8, 4) is 62.0 Å². The number of hydrogen-bond acceptors (Lipinski definition) is 3. The van der Waals surface area contributed by atoms with Crippen molar-refractivity contribution in [2.75, 3.05) is 0 Å². The third-order valence-electron chi connectivity index (χ3n) is 11.0. The van der Waals surface area contributed by atoms with E-state index in [1.54, 1.807) is 0 Å². The molecule has 0 bridgehead atoms. The van der Waals surface area contributed by atoms with Gasteiger partial charge in [-0.2, -0.15) is 0 Å². The minimum absolute atomic E-state index is 0.695. The summed E-state index contributed by atoms with van der Waals surface area (Å²) in [5.74, 6) is 0.695. The molecule has 3 aromatic heterocycles. The molecule has 57 heavy (non-hydrogen) atoms. The first-order valence-electron chi connectivity index (χ1n) is 19.3. The van der Waals surface area contributed by atoms with E-state index in [-0.39, 0.29) is 0 Å². The number of pyridine rings is 1. The molecule has 0 saturated carbocycles. The molecule has 0 aliphatic heterocycles. The third kappa shape index (κ3) is 5.50. The Bertz CT molecular complexity index is 3190. The zero-order valence-corrected chi connectivity index (χ0v) is 30.9. The lowest BCUT2D eigenvalue weighted by Crippen LogP contribution is -2.01. The summed E-state index contributed by atoms with van der Waals surface area (Å²) in [7, 11) is 0. The summed E-state index contributed by atoms with van der Waals surface area (Å²) in [5, 5.41) is 5.94. The topological polar surface area (TPSA) is 43.6 Å². The molecule has 0 saturated heterocycles. The van der Waals surface area contributed by atoms with Crippen LogP contribution in [0.3, 0.4) is 0 Å². The molecule has 11 rings (SSSR count). The van der Waals surface area contributed by atoms with Crippen molar-refractivity contribution in [2.24, 2.45) is 0 Å². The van der Waals surface area contributed by atoms with Crippen LogP contribution in [-0.2, 0) is 0 Å². The summed E-state index contributed by atoms with van der Waals surface area (Å²) in [6, 6.07) is 72.4. The first-order valence-corrected chi connectivity index (χ1v) is 19.3. The van der Waals surface area contributed by atoms with E-state index in [4.69, 9.17) is 15.0 Å². The van der Waals surface area contributed by atoms with Crippen molar-refractivity contribution in [3.63, 3.8) is 0 Å². The number of hydrogen-bond donors (Lipinski definition) is 0. The van der Waals surface area contributed by atoms with Gasteiger partial charge in [-0.25, -0.2) is 15.0 Å². The van der Waals surface area contributed by atoms with E-state index in [0.717, 1.165) is 72.4 Å². The van der Waals surface area contributed by atoms with Gasteiger partial charge in [0.1, 0.15) is 0 Å². The van der Waals surface area contributed by atoms with Crippen molar-refractivity contribution >= 4 is 43.5 Å². The minimum Gasteiger partial charge on any atom is -0.309 e. The van der Waals surface area contributed by atoms with E-state index in [2.05, 4.69) is 180 Å². The molecule has 0 radical (unpaired) electrons. The van der Waals surface area contributed by atoms with Gasteiger partial charge in [0, 0.05) is 60.4 Å². The molecule has 0 aliphatic rings. The molecule has 11 aromatic rings. The van der Waals surface area contributed by atoms with Gasteiger partial charge in [0.05, 0.1) is 33.6 Å². The molecule has 4 nitrogen and oxygen atoms in total. The summed E-state index contributed by atoms with van der Waals surface area (Å²) in [5.41, 5.74) is 13.3. The van der Waals surface area contributed by atoms with Gasteiger partial charge in [0.2, 0.25) is 0 Å². The van der Waals surface area contributed by atoms with Crippen molar-refractivity contribution in [3.05, 3.63) is 206 Å². The Morgan fingerprint density at radius 1 is 0.298 bits per heavy atom. The average Bonchev–Trinajstić information content (AvgIpc) is 3.64. The van der Waals surface area contributed by atoms with E-state index in [1.165, 1.54) is 27.2 Å². The summed E-state index contributed by atoms with van der Waals surface area (Å²) >= 11 is 0. The Hall–Kier alpha value is -7.69. The van der Waals surface area contributed by atoms with Gasteiger partial charge in [-0.05, 0) is 35.9 Å². The third-order valence-corrected chi connectivity index (χ3v) is 11.0. The van der Waals surface area contributed by atoms with Crippen LogP contribution in [0.2, 0.25) is 0 Å². The molecule has 0 unspecified atom stereocenters. The van der Waals surface area contributed by atoms with Crippen molar-refractivity contribution in [1.82, 2.24) is 19.5 Å². The van der Waals surface area contributed by atoms with Crippen LogP contribution in [0, 0.1) is 0 Å². The summed E-state index contributed by atoms with van der Waals surface area (Å²) in [4.78, 5) is 15.9. The molecule has 8 aromatic carbocycles. The van der Waals surface area contributed by atoms with Crippen molar-refractivity contribution < 1.29 is 0 Å². The van der Waals surface area contributed by atoms with Crippen LogP contribution in [0.15, 0.2) is 206 Å². The first kappa shape index (κ1) is 32.7. The monoisotopic (exact) mass is 726 g/mol. The second kappa shape index (κ2) is 13.6. The fourth-order valence-electron chi connectivity index (χ4n) is 8.43. The molecule has 0 atom stereocenters. The van der Waals surface area contributed by atoms with Crippen molar-refractivity contribution in [1.29, 1.82) is 0 Å². The molecule has 0 amide bonds. The first-order chi connectivity index (χ1) is 28.3. The summed E-state index contributed by atoms with van der Waals surface area (Å²) in [6.45, 7) is 0. The SMILES string of the molecule is c1ccc(-c2nc(-c3ccccc3)c(-c3ccc(-c4nc5ccccc5c5c4ccc4c5c5ccccc5n4-c4ccccc4)cc3)c(-c3ccccc3)n2)cc1. The molecule has 0 fully saturated rings. The second-order valence-electron chi connectivity index (χ2n) is 14.3. The lowest BCUT2D eigenvalue weighted by molar-refractivity contribution is 1.18. The van der Waals surface area contributed by atoms with Gasteiger partial charge in [0.15, 0.2) is 5.82 Å². The molecule has 266 valence electrons. The zero-order chi connectivity index (χ0) is 37.7. The van der Waals surface area contributed by atoms with Crippen LogP contribution in [0.4, 0.5) is 0 Å². The lowest BCUT2D eigenvalue weighted by atomic mass is 9.92. The van der Waals surface area contributed by atoms with Gasteiger partial charge in [0.25, 0.3) is 0 Å². The highest BCUT2D eigenvalue weighted by Crippen LogP contribution is 2.44. The Morgan fingerprint density at radius 3 is 1.46 bits per heavy atom. The van der Waals surface area contributed by atoms with Gasteiger partial charge in [-0.15, -0.1) is 0 Å². The van der Waals surface area contributed by atoms with Crippen molar-refractivity contribution in [2.45, 2.75) is 0 Å². The number of nitrogens with zero attached hydrogens (tertiary/aromatic N) is 4. The van der Waals surface area contributed by atoms with Gasteiger partial charge < -0.3 is 4.57 Å². The smallest absolute Gasteiger partial charge is 0.160 e. The van der Waals surface area contributed by atoms with E-state index >= 15 is 0 Å². The minimum atomic E-state index is 0.695. The standard InChI is InChI=1S/C53H34N4/c1-5-17-36(18-6-1)51-47(52(37-19-7-2-8-20-37)56-53(55-51)39-21-9-3-10-22-39)35-29-31-38(32-30-35)50-43-33-34-46-49(48(43)41-25-13-15-27-44(41)54-50)42-26-14-16-28-45(42)57(46)40-23-11-4-12-24-40/h1-34H. The zero-order valence-electron chi connectivity index (χ0n) is 30.9. The Morgan fingerprint density at radius 2 is 0.807 bits per heavy atom. The number of rotatable bonds is 6. The highest BCUT2D eigenvalue weighted by atomic mass is 15.0. The maximum absolute atomic E-state index is 5.37. The maximum Gasteiger partial charge on any atom is 0.160 e. The number of aromatic nitrogens is 4. The fourth-order valence-corrected chi connectivity index (χ4v) is 8.43. The van der Waals surface area contributed by atoms with Gasteiger partial charge in [-0.1, -0.05) is 176 Å². The molecule has 3 heterocycles. The molecule has 0 aliphatic carbocycles.